The first-order chi connectivity index (χ1) is 9.49. The van der Waals surface area contributed by atoms with Crippen molar-refractivity contribution in [2.24, 2.45) is 17.6 Å². The molecule has 1 aromatic rings. The molecule has 0 saturated heterocycles. The third-order valence-electron chi connectivity index (χ3n) is 4.75. The van der Waals surface area contributed by atoms with E-state index in [9.17, 15) is 4.79 Å². The first-order valence-electron chi connectivity index (χ1n) is 7.61. The summed E-state index contributed by atoms with van der Waals surface area (Å²) in [6.45, 7) is 6.52. The molecule has 3 nitrogen and oxygen atoms in total. The number of carbonyl (C=O) groups is 1. The zero-order valence-electron chi connectivity index (χ0n) is 13.1. The Morgan fingerprint density at radius 1 is 1.24 bits per heavy atom. The molecular weight excluding hydrogens is 284 g/mol. The van der Waals surface area contributed by atoms with Gasteiger partial charge in [-0.25, -0.2) is 0 Å². The van der Waals surface area contributed by atoms with Crippen LogP contribution in [0.15, 0.2) is 24.3 Å². The third kappa shape index (κ3) is 4.45. The maximum atomic E-state index is 12.3. The van der Waals surface area contributed by atoms with E-state index in [0.717, 1.165) is 12.0 Å². The smallest absolute Gasteiger partial charge is 0.241 e. The minimum absolute atomic E-state index is 0. The topological polar surface area (TPSA) is 55.1 Å². The van der Waals surface area contributed by atoms with Gasteiger partial charge in [-0.1, -0.05) is 56.5 Å². The van der Waals surface area contributed by atoms with Crippen LogP contribution in [0, 0.1) is 18.8 Å². The number of carbonyl (C=O) groups excluding carboxylic acids is 1. The first kappa shape index (κ1) is 18.0. The summed E-state index contributed by atoms with van der Waals surface area (Å²) in [5.74, 6) is 1.14. The minimum atomic E-state index is -0.569. The molecule has 1 fully saturated rings. The van der Waals surface area contributed by atoms with Crippen LogP contribution < -0.4 is 11.1 Å². The Labute approximate surface area is 134 Å². The first-order valence-corrected chi connectivity index (χ1v) is 7.61. The van der Waals surface area contributed by atoms with Crippen molar-refractivity contribution in [2.45, 2.75) is 52.1 Å². The average molecular weight is 311 g/mol. The van der Waals surface area contributed by atoms with Crippen molar-refractivity contribution in [3.05, 3.63) is 35.4 Å². The van der Waals surface area contributed by atoms with E-state index in [0.29, 0.717) is 11.8 Å². The van der Waals surface area contributed by atoms with Crippen molar-refractivity contribution in [1.29, 1.82) is 0 Å². The van der Waals surface area contributed by atoms with E-state index in [-0.39, 0.29) is 24.4 Å². The molecule has 1 aliphatic carbocycles. The molecule has 3 N–H and O–H groups in total. The van der Waals surface area contributed by atoms with Gasteiger partial charge in [-0.2, -0.15) is 0 Å². The number of benzene rings is 1. The van der Waals surface area contributed by atoms with E-state index in [2.05, 4.69) is 19.2 Å². The zero-order valence-corrected chi connectivity index (χ0v) is 14.0. The molecule has 0 heterocycles. The quantitative estimate of drug-likeness (QED) is 0.899. The largest absolute Gasteiger partial charge is 0.351 e. The van der Waals surface area contributed by atoms with Crippen LogP contribution in [0.25, 0.3) is 0 Å². The fourth-order valence-corrected chi connectivity index (χ4v) is 2.98. The van der Waals surface area contributed by atoms with E-state index < -0.39 is 6.04 Å². The zero-order chi connectivity index (χ0) is 14.7. The second-order valence-corrected chi connectivity index (χ2v) is 6.27. The van der Waals surface area contributed by atoms with Crippen LogP contribution in [-0.4, -0.2) is 11.9 Å². The Bertz CT molecular complexity index is 460. The van der Waals surface area contributed by atoms with Gasteiger partial charge in [0, 0.05) is 6.04 Å². The molecule has 0 spiro atoms. The molecule has 4 atom stereocenters. The van der Waals surface area contributed by atoms with Gasteiger partial charge in [0.1, 0.15) is 6.04 Å². The normalized spacial score (nSPS) is 26.6. The number of rotatable bonds is 3. The van der Waals surface area contributed by atoms with Gasteiger partial charge in [0.15, 0.2) is 0 Å². The number of hydrogen-bond donors (Lipinski definition) is 2. The standard InChI is InChI=1S/C17H26N2O.ClH/c1-11-7-9-14(10-8-11)16(18)17(20)19-15-6-4-5-12(2)13(15)3;/h7-10,12-13,15-16H,4-6,18H2,1-3H3,(H,19,20);1H. The molecule has 118 valence electrons. The van der Waals surface area contributed by atoms with Crippen LogP contribution in [0.4, 0.5) is 0 Å². The molecule has 1 aromatic carbocycles. The number of nitrogens with one attached hydrogen (secondary N) is 1. The van der Waals surface area contributed by atoms with E-state index in [1.807, 2.05) is 31.2 Å². The van der Waals surface area contributed by atoms with Gasteiger partial charge in [0.25, 0.3) is 0 Å². The highest BCUT2D eigenvalue weighted by Gasteiger charge is 2.29. The predicted octanol–water partition coefficient (Wildman–Crippen LogP) is 3.36. The van der Waals surface area contributed by atoms with Gasteiger partial charge >= 0.3 is 0 Å². The SMILES string of the molecule is Cc1ccc(C(N)C(=O)NC2CCCC(C)C2C)cc1.Cl. The maximum absolute atomic E-state index is 12.3. The monoisotopic (exact) mass is 310 g/mol. The molecule has 1 aliphatic rings. The molecule has 0 aliphatic heterocycles. The van der Waals surface area contributed by atoms with E-state index in [1.165, 1.54) is 18.4 Å². The molecule has 4 unspecified atom stereocenters. The lowest BCUT2D eigenvalue weighted by Crippen LogP contribution is -2.46. The summed E-state index contributed by atoms with van der Waals surface area (Å²) < 4.78 is 0. The van der Waals surface area contributed by atoms with Crippen molar-refractivity contribution in [3.8, 4) is 0 Å². The molecule has 1 amide bonds. The molecule has 21 heavy (non-hydrogen) atoms. The number of nitrogens with two attached hydrogens (primary N) is 1. The van der Waals surface area contributed by atoms with Crippen molar-refractivity contribution >= 4 is 18.3 Å². The maximum Gasteiger partial charge on any atom is 0.241 e. The van der Waals surface area contributed by atoms with Crippen LogP contribution in [0.1, 0.15) is 50.3 Å². The van der Waals surface area contributed by atoms with Crippen LogP contribution in [0.3, 0.4) is 0 Å². The lowest BCUT2D eigenvalue weighted by Gasteiger charge is -2.35. The van der Waals surface area contributed by atoms with Gasteiger partial charge in [-0.15, -0.1) is 12.4 Å². The summed E-state index contributed by atoms with van der Waals surface area (Å²) in [6, 6.07) is 7.56. The van der Waals surface area contributed by atoms with Crippen molar-refractivity contribution in [2.75, 3.05) is 0 Å². The third-order valence-corrected chi connectivity index (χ3v) is 4.75. The summed E-state index contributed by atoms with van der Waals surface area (Å²) in [6.07, 6.45) is 3.52. The van der Waals surface area contributed by atoms with E-state index in [4.69, 9.17) is 5.73 Å². The molecule has 4 heteroatoms. The lowest BCUT2D eigenvalue weighted by molar-refractivity contribution is -0.123. The number of aryl methyl sites for hydroxylation is 1. The second kappa shape index (κ2) is 7.81. The predicted molar refractivity (Wildman–Crippen MR) is 89.5 cm³/mol. The Hall–Kier alpha value is -1.06. The molecule has 0 bridgehead atoms. The Morgan fingerprint density at radius 2 is 1.86 bits per heavy atom. The summed E-state index contributed by atoms with van der Waals surface area (Å²) in [7, 11) is 0. The Morgan fingerprint density at radius 3 is 2.48 bits per heavy atom. The molecule has 0 aromatic heterocycles. The fraction of sp³-hybridized carbons (Fsp3) is 0.588. The van der Waals surface area contributed by atoms with E-state index >= 15 is 0 Å². The van der Waals surface area contributed by atoms with Crippen molar-refractivity contribution in [1.82, 2.24) is 5.32 Å². The van der Waals surface area contributed by atoms with Crippen LogP contribution in [0.2, 0.25) is 0 Å². The fourth-order valence-electron chi connectivity index (χ4n) is 2.98. The highest BCUT2D eigenvalue weighted by Crippen LogP contribution is 2.29. The second-order valence-electron chi connectivity index (χ2n) is 6.27. The minimum Gasteiger partial charge on any atom is -0.351 e. The van der Waals surface area contributed by atoms with Gasteiger partial charge in [-0.05, 0) is 30.7 Å². The number of hydrogen-bond acceptors (Lipinski definition) is 2. The van der Waals surface area contributed by atoms with Crippen LogP contribution >= 0.6 is 12.4 Å². The molecule has 1 saturated carbocycles. The van der Waals surface area contributed by atoms with Crippen molar-refractivity contribution in [3.63, 3.8) is 0 Å². The highest BCUT2D eigenvalue weighted by molar-refractivity contribution is 5.85. The van der Waals surface area contributed by atoms with Crippen molar-refractivity contribution < 1.29 is 4.79 Å². The van der Waals surface area contributed by atoms with Gasteiger partial charge in [-0.3, -0.25) is 4.79 Å². The summed E-state index contributed by atoms with van der Waals surface area (Å²) in [5.41, 5.74) is 8.13. The Kier molecular flexibility index (Phi) is 6.69. The number of halogens is 1. The van der Waals surface area contributed by atoms with E-state index in [1.54, 1.807) is 0 Å². The van der Waals surface area contributed by atoms with Gasteiger partial charge < -0.3 is 11.1 Å². The van der Waals surface area contributed by atoms with Crippen LogP contribution in [0.5, 0.6) is 0 Å². The highest BCUT2D eigenvalue weighted by atomic mass is 35.5. The summed E-state index contributed by atoms with van der Waals surface area (Å²) in [4.78, 5) is 12.3. The average Bonchev–Trinajstić information content (AvgIpc) is 2.44. The number of amides is 1. The Balaban J connectivity index is 0.00000220. The summed E-state index contributed by atoms with van der Waals surface area (Å²) in [5, 5.41) is 3.15. The lowest BCUT2D eigenvalue weighted by atomic mass is 9.78. The molecule has 0 radical (unpaired) electrons. The molecule has 2 rings (SSSR count). The summed E-state index contributed by atoms with van der Waals surface area (Å²) >= 11 is 0. The van der Waals surface area contributed by atoms with Gasteiger partial charge in [0.2, 0.25) is 5.91 Å². The van der Waals surface area contributed by atoms with Crippen LogP contribution in [-0.2, 0) is 4.79 Å². The molecular formula is C17H27ClN2O. The van der Waals surface area contributed by atoms with Gasteiger partial charge in [0.05, 0.1) is 0 Å².